The number of hydrogen-bond acceptors (Lipinski definition) is 1. The van der Waals surface area contributed by atoms with Gasteiger partial charge in [-0.1, -0.05) is 87.5 Å². The summed E-state index contributed by atoms with van der Waals surface area (Å²) in [6.45, 7) is 18.6. The van der Waals surface area contributed by atoms with Crippen molar-refractivity contribution >= 4 is 0 Å². The molecular weight excluding hydrogens is 292 g/mol. The number of hydrogen-bond donors (Lipinski definition) is 1. The second-order valence-corrected chi connectivity index (χ2v) is 9.01. The van der Waals surface area contributed by atoms with Crippen molar-refractivity contribution in [2.45, 2.75) is 124 Å². The average Bonchev–Trinajstić information content (AvgIpc) is 2.98. The second-order valence-electron chi connectivity index (χ2n) is 9.01. The Bertz CT molecular complexity index is 482. The number of imidazole rings is 1. The Labute approximate surface area is 151 Å². The first kappa shape index (κ1) is 21.3. The molecule has 0 aliphatic carbocycles. The van der Waals surface area contributed by atoms with Crippen LogP contribution in [-0.2, 0) is 10.8 Å². The van der Waals surface area contributed by atoms with Crippen LogP contribution in [0.5, 0.6) is 0 Å². The average molecular weight is 335 g/mol. The Morgan fingerprint density at radius 1 is 0.875 bits per heavy atom. The van der Waals surface area contributed by atoms with Gasteiger partial charge in [-0.25, -0.2) is 4.98 Å². The summed E-state index contributed by atoms with van der Waals surface area (Å²) in [5.74, 6) is 1.77. The molecule has 2 heteroatoms. The summed E-state index contributed by atoms with van der Waals surface area (Å²) in [4.78, 5) is 8.99. The summed E-state index contributed by atoms with van der Waals surface area (Å²) >= 11 is 0. The van der Waals surface area contributed by atoms with Gasteiger partial charge in [0.15, 0.2) is 0 Å². The topological polar surface area (TPSA) is 28.7 Å². The third-order valence-corrected chi connectivity index (χ3v) is 5.54. The quantitative estimate of drug-likeness (QED) is 0.453. The van der Waals surface area contributed by atoms with E-state index in [1.165, 1.54) is 68.6 Å². The van der Waals surface area contributed by atoms with Gasteiger partial charge >= 0.3 is 0 Å². The summed E-state index contributed by atoms with van der Waals surface area (Å²) in [6, 6.07) is 0. The molecular formula is C22H42N2. The largest absolute Gasteiger partial charge is 0.345 e. The molecule has 1 heterocycles. The van der Waals surface area contributed by atoms with E-state index < -0.39 is 0 Å². The minimum absolute atomic E-state index is 0.135. The number of unbranched alkanes of at least 4 members (excludes halogenated alkanes) is 2. The molecule has 0 saturated carbocycles. The molecule has 0 radical (unpaired) electrons. The molecule has 1 rings (SSSR count). The van der Waals surface area contributed by atoms with Crippen molar-refractivity contribution in [3.05, 3.63) is 17.2 Å². The highest BCUT2D eigenvalue weighted by Crippen LogP contribution is 2.37. The Kier molecular flexibility index (Phi) is 8.02. The maximum atomic E-state index is 5.21. The SMILES string of the molecule is CCCCC(C)(C)c1nc(C(C)(C)CCCC)c(C(C)CCC)[nH]1. The van der Waals surface area contributed by atoms with Gasteiger partial charge in [-0.2, -0.15) is 0 Å². The highest BCUT2D eigenvalue weighted by Gasteiger charge is 2.32. The molecule has 1 aromatic rings. The number of aromatic nitrogens is 2. The Hall–Kier alpha value is -0.790. The zero-order chi connectivity index (χ0) is 18.4. The zero-order valence-electron chi connectivity index (χ0n) is 17.7. The van der Waals surface area contributed by atoms with Gasteiger partial charge in [-0.15, -0.1) is 0 Å². The first-order chi connectivity index (χ1) is 11.2. The second kappa shape index (κ2) is 9.06. The molecule has 0 aliphatic rings. The van der Waals surface area contributed by atoms with Gasteiger partial charge in [-0.3, -0.25) is 0 Å². The van der Waals surface area contributed by atoms with Crippen molar-refractivity contribution in [2.24, 2.45) is 0 Å². The highest BCUT2D eigenvalue weighted by molar-refractivity contribution is 5.28. The predicted octanol–water partition coefficient (Wildman–Crippen LogP) is 7.25. The van der Waals surface area contributed by atoms with E-state index in [-0.39, 0.29) is 10.8 Å². The number of nitrogens with one attached hydrogen (secondary N) is 1. The van der Waals surface area contributed by atoms with Crippen LogP contribution in [0.3, 0.4) is 0 Å². The molecule has 0 bridgehead atoms. The van der Waals surface area contributed by atoms with E-state index in [1.807, 2.05) is 0 Å². The number of H-pyrrole nitrogens is 1. The van der Waals surface area contributed by atoms with Gasteiger partial charge < -0.3 is 4.98 Å². The molecule has 0 amide bonds. The minimum atomic E-state index is 0.135. The van der Waals surface area contributed by atoms with Crippen molar-refractivity contribution in [1.29, 1.82) is 0 Å². The van der Waals surface area contributed by atoms with E-state index in [2.05, 4.69) is 60.4 Å². The van der Waals surface area contributed by atoms with E-state index in [1.54, 1.807) is 0 Å². The number of nitrogens with zero attached hydrogens (tertiary/aromatic N) is 1. The summed E-state index contributed by atoms with van der Waals surface area (Å²) in [7, 11) is 0. The van der Waals surface area contributed by atoms with Gasteiger partial charge in [0.25, 0.3) is 0 Å². The fraction of sp³-hybridized carbons (Fsp3) is 0.864. The maximum Gasteiger partial charge on any atom is 0.112 e. The van der Waals surface area contributed by atoms with Gasteiger partial charge in [0.2, 0.25) is 0 Å². The molecule has 1 aromatic heterocycles. The molecule has 0 spiro atoms. The fourth-order valence-electron chi connectivity index (χ4n) is 3.63. The summed E-state index contributed by atoms with van der Waals surface area (Å²) in [6.07, 6.45) is 9.92. The standard InChI is InChI=1S/C22H42N2/c1-9-12-15-21(5,6)19-18(17(4)14-11-3)23-20(24-19)22(7,8)16-13-10-2/h17H,9-16H2,1-8H3,(H,23,24). The van der Waals surface area contributed by atoms with Crippen molar-refractivity contribution < 1.29 is 0 Å². The number of rotatable bonds is 11. The molecule has 1 atom stereocenters. The van der Waals surface area contributed by atoms with Crippen LogP contribution < -0.4 is 0 Å². The van der Waals surface area contributed by atoms with Gasteiger partial charge in [0, 0.05) is 16.5 Å². The van der Waals surface area contributed by atoms with E-state index in [0.717, 1.165) is 0 Å². The molecule has 2 nitrogen and oxygen atoms in total. The molecule has 0 aliphatic heterocycles. The van der Waals surface area contributed by atoms with Gasteiger partial charge in [0.1, 0.15) is 5.82 Å². The minimum Gasteiger partial charge on any atom is -0.345 e. The van der Waals surface area contributed by atoms with Crippen LogP contribution in [-0.4, -0.2) is 9.97 Å². The summed E-state index contributed by atoms with van der Waals surface area (Å²) in [5.41, 5.74) is 3.02. The van der Waals surface area contributed by atoms with E-state index in [4.69, 9.17) is 4.98 Å². The van der Waals surface area contributed by atoms with Crippen LogP contribution in [0.25, 0.3) is 0 Å². The van der Waals surface area contributed by atoms with Crippen molar-refractivity contribution in [3.63, 3.8) is 0 Å². The molecule has 24 heavy (non-hydrogen) atoms. The third-order valence-electron chi connectivity index (χ3n) is 5.54. The van der Waals surface area contributed by atoms with E-state index in [0.29, 0.717) is 5.92 Å². The van der Waals surface area contributed by atoms with Crippen LogP contribution >= 0.6 is 0 Å². The fourth-order valence-corrected chi connectivity index (χ4v) is 3.63. The summed E-state index contributed by atoms with van der Waals surface area (Å²) in [5, 5.41) is 0. The van der Waals surface area contributed by atoms with E-state index in [9.17, 15) is 0 Å². The Balaban J connectivity index is 3.24. The Morgan fingerprint density at radius 2 is 1.42 bits per heavy atom. The molecule has 1 N–H and O–H groups in total. The van der Waals surface area contributed by atoms with Gasteiger partial charge in [-0.05, 0) is 25.2 Å². The molecule has 0 fully saturated rings. The zero-order valence-corrected chi connectivity index (χ0v) is 17.7. The first-order valence-corrected chi connectivity index (χ1v) is 10.3. The van der Waals surface area contributed by atoms with E-state index >= 15 is 0 Å². The molecule has 140 valence electrons. The van der Waals surface area contributed by atoms with Crippen LogP contribution in [0.4, 0.5) is 0 Å². The summed E-state index contributed by atoms with van der Waals surface area (Å²) < 4.78 is 0. The maximum absolute atomic E-state index is 5.21. The van der Waals surface area contributed by atoms with Crippen molar-refractivity contribution in [3.8, 4) is 0 Å². The van der Waals surface area contributed by atoms with Crippen LogP contribution in [0.2, 0.25) is 0 Å². The van der Waals surface area contributed by atoms with Crippen LogP contribution in [0.1, 0.15) is 130 Å². The lowest BCUT2D eigenvalue weighted by Crippen LogP contribution is -2.22. The van der Waals surface area contributed by atoms with Crippen molar-refractivity contribution in [1.82, 2.24) is 9.97 Å². The highest BCUT2D eigenvalue weighted by atomic mass is 15.0. The molecule has 0 saturated heterocycles. The van der Waals surface area contributed by atoms with Crippen LogP contribution in [0, 0.1) is 0 Å². The number of aromatic amines is 1. The lowest BCUT2D eigenvalue weighted by molar-refractivity contribution is 0.422. The first-order valence-electron chi connectivity index (χ1n) is 10.3. The molecule has 0 aromatic carbocycles. The van der Waals surface area contributed by atoms with Crippen molar-refractivity contribution in [2.75, 3.05) is 0 Å². The van der Waals surface area contributed by atoms with Crippen LogP contribution in [0.15, 0.2) is 0 Å². The normalized spacial score (nSPS) is 14.2. The molecule has 1 unspecified atom stereocenters. The monoisotopic (exact) mass is 334 g/mol. The smallest absolute Gasteiger partial charge is 0.112 e. The van der Waals surface area contributed by atoms with Gasteiger partial charge in [0.05, 0.1) is 5.69 Å². The lowest BCUT2D eigenvalue weighted by atomic mass is 9.80. The third kappa shape index (κ3) is 5.36. The predicted molar refractivity (Wildman–Crippen MR) is 107 cm³/mol. The Morgan fingerprint density at radius 3 is 1.92 bits per heavy atom. The lowest BCUT2D eigenvalue weighted by Gasteiger charge is -2.25.